The number of imidazole rings is 1. The Labute approximate surface area is 225 Å². The number of rotatable bonds is 5. The average molecular weight is 520 g/mol. The first-order valence-corrected chi connectivity index (χ1v) is 13.6. The second-order valence-corrected chi connectivity index (χ2v) is 11.0. The van der Waals surface area contributed by atoms with E-state index < -0.39 is 0 Å². The van der Waals surface area contributed by atoms with E-state index in [2.05, 4.69) is 25.8 Å². The van der Waals surface area contributed by atoms with E-state index in [0.29, 0.717) is 38.9 Å². The molecule has 0 saturated carbocycles. The van der Waals surface area contributed by atoms with Gasteiger partial charge in [0.1, 0.15) is 0 Å². The highest BCUT2D eigenvalue weighted by atomic mass is 16.2. The number of aromatic nitrogens is 2. The molecule has 0 atom stereocenters. The fraction of sp³-hybridized carbons (Fsp3) is 0.500. The van der Waals surface area contributed by atoms with Gasteiger partial charge in [0.2, 0.25) is 11.8 Å². The standard InChI is InChI=1S/C30H41N5O3/c1-22(2)19-29(37)35-16-8-15-31(3)17-18-34(21-24-9-6-7-10-25(24)35)28(36)14-12-23-11-13-26-27(20-23)33(5)30(38)32(26)4/h6-7,9-11,13,20,22H,8,12,14-19,21H2,1-5H3. The summed E-state index contributed by atoms with van der Waals surface area (Å²) in [5, 5.41) is 0. The van der Waals surface area contributed by atoms with Gasteiger partial charge in [-0.1, -0.05) is 38.1 Å². The molecular formula is C30H41N5O3. The molecular weight excluding hydrogens is 478 g/mol. The zero-order valence-electron chi connectivity index (χ0n) is 23.4. The molecule has 0 saturated heterocycles. The van der Waals surface area contributed by atoms with Gasteiger partial charge in [-0.15, -0.1) is 0 Å². The Kier molecular flexibility index (Phi) is 8.72. The van der Waals surface area contributed by atoms with Crippen LogP contribution >= 0.6 is 0 Å². The fourth-order valence-corrected chi connectivity index (χ4v) is 5.26. The van der Waals surface area contributed by atoms with Crippen LogP contribution in [0.1, 0.15) is 44.2 Å². The zero-order chi connectivity index (χ0) is 27.4. The summed E-state index contributed by atoms with van der Waals surface area (Å²) >= 11 is 0. The molecule has 0 radical (unpaired) electrons. The summed E-state index contributed by atoms with van der Waals surface area (Å²) in [6, 6.07) is 14.0. The van der Waals surface area contributed by atoms with Gasteiger partial charge in [0.05, 0.1) is 11.0 Å². The van der Waals surface area contributed by atoms with Gasteiger partial charge >= 0.3 is 5.69 Å². The van der Waals surface area contributed by atoms with Crippen LogP contribution in [0.15, 0.2) is 47.3 Å². The molecule has 8 heteroatoms. The monoisotopic (exact) mass is 519 g/mol. The molecule has 2 aromatic carbocycles. The van der Waals surface area contributed by atoms with Gasteiger partial charge in [-0.3, -0.25) is 18.7 Å². The summed E-state index contributed by atoms with van der Waals surface area (Å²) in [6.45, 7) is 7.57. The van der Waals surface area contributed by atoms with Crippen molar-refractivity contribution in [3.05, 3.63) is 64.1 Å². The van der Waals surface area contributed by atoms with Crippen molar-refractivity contribution in [2.75, 3.05) is 38.1 Å². The molecule has 0 bridgehead atoms. The number of amides is 2. The summed E-state index contributed by atoms with van der Waals surface area (Å²) in [5.41, 5.74) is 4.66. The Morgan fingerprint density at radius 3 is 2.37 bits per heavy atom. The van der Waals surface area contributed by atoms with E-state index in [1.54, 1.807) is 23.2 Å². The van der Waals surface area contributed by atoms with Crippen molar-refractivity contribution in [3.63, 3.8) is 0 Å². The van der Waals surface area contributed by atoms with Gasteiger partial charge < -0.3 is 14.7 Å². The molecule has 204 valence electrons. The van der Waals surface area contributed by atoms with Crippen molar-refractivity contribution in [1.29, 1.82) is 0 Å². The lowest BCUT2D eigenvalue weighted by atomic mass is 10.1. The Balaban J connectivity index is 1.55. The maximum absolute atomic E-state index is 13.6. The topological polar surface area (TPSA) is 70.8 Å². The third-order valence-electron chi connectivity index (χ3n) is 7.52. The predicted molar refractivity (Wildman–Crippen MR) is 152 cm³/mol. The van der Waals surface area contributed by atoms with Crippen LogP contribution in [0.25, 0.3) is 11.0 Å². The van der Waals surface area contributed by atoms with Crippen molar-refractivity contribution in [1.82, 2.24) is 18.9 Å². The number of para-hydroxylation sites is 1. The van der Waals surface area contributed by atoms with Gasteiger partial charge in [-0.2, -0.15) is 0 Å². The normalized spacial score (nSPS) is 15.5. The van der Waals surface area contributed by atoms with E-state index in [1.807, 2.05) is 52.3 Å². The lowest BCUT2D eigenvalue weighted by molar-refractivity contribution is -0.132. The molecule has 38 heavy (non-hydrogen) atoms. The second-order valence-electron chi connectivity index (χ2n) is 11.0. The number of hydrogen-bond acceptors (Lipinski definition) is 4. The van der Waals surface area contributed by atoms with Crippen molar-refractivity contribution in [2.45, 2.75) is 46.1 Å². The molecule has 1 aliphatic rings. The summed E-state index contributed by atoms with van der Waals surface area (Å²) in [7, 11) is 5.62. The Hall–Kier alpha value is -3.39. The highest BCUT2D eigenvalue weighted by Gasteiger charge is 2.23. The van der Waals surface area contributed by atoms with E-state index >= 15 is 0 Å². The molecule has 2 heterocycles. The molecule has 2 amide bonds. The molecule has 0 N–H and O–H groups in total. The summed E-state index contributed by atoms with van der Waals surface area (Å²) in [6.07, 6.45) is 2.37. The Bertz CT molecular complexity index is 1360. The maximum Gasteiger partial charge on any atom is 0.328 e. The highest BCUT2D eigenvalue weighted by Crippen LogP contribution is 2.25. The quantitative estimate of drug-likeness (QED) is 0.517. The van der Waals surface area contributed by atoms with Crippen LogP contribution in [0.3, 0.4) is 0 Å². The summed E-state index contributed by atoms with van der Waals surface area (Å²) < 4.78 is 3.29. The Morgan fingerprint density at radius 1 is 0.868 bits per heavy atom. The van der Waals surface area contributed by atoms with E-state index in [4.69, 9.17) is 0 Å². The lowest BCUT2D eigenvalue weighted by Gasteiger charge is -2.28. The molecule has 4 rings (SSSR count). The first kappa shape index (κ1) is 27.6. The largest absolute Gasteiger partial charge is 0.337 e. The highest BCUT2D eigenvalue weighted by molar-refractivity contribution is 5.94. The number of likely N-dealkylation sites (N-methyl/N-ethyl adjacent to an activating group) is 1. The minimum absolute atomic E-state index is 0.0551. The molecule has 0 fully saturated rings. The lowest BCUT2D eigenvalue weighted by Crippen LogP contribution is -2.37. The van der Waals surface area contributed by atoms with E-state index in [0.717, 1.165) is 47.4 Å². The second kappa shape index (κ2) is 12.0. The first-order valence-electron chi connectivity index (χ1n) is 13.6. The van der Waals surface area contributed by atoms with Crippen LogP contribution in [-0.2, 0) is 36.6 Å². The molecule has 8 nitrogen and oxygen atoms in total. The van der Waals surface area contributed by atoms with Crippen molar-refractivity contribution in [2.24, 2.45) is 20.0 Å². The van der Waals surface area contributed by atoms with Gasteiger partial charge in [0, 0.05) is 58.8 Å². The smallest absolute Gasteiger partial charge is 0.328 e. The predicted octanol–water partition coefficient (Wildman–Crippen LogP) is 3.55. The number of anilines is 1. The fourth-order valence-electron chi connectivity index (χ4n) is 5.26. The van der Waals surface area contributed by atoms with E-state index in [-0.39, 0.29) is 23.4 Å². The Morgan fingerprint density at radius 2 is 1.61 bits per heavy atom. The number of benzene rings is 2. The third-order valence-corrected chi connectivity index (χ3v) is 7.52. The van der Waals surface area contributed by atoms with Gasteiger partial charge in [-0.05, 0) is 61.7 Å². The molecule has 0 unspecified atom stereocenters. The van der Waals surface area contributed by atoms with Crippen LogP contribution in [-0.4, -0.2) is 64.0 Å². The SMILES string of the molecule is CC(C)CC(=O)N1CCCN(C)CCN(C(=O)CCc2ccc3c(c2)n(C)c(=O)n3C)Cc2ccccc21. The van der Waals surface area contributed by atoms with Crippen molar-refractivity contribution < 1.29 is 9.59 Å². The summed E-state index contributed by atoms with van der Waals surface area (Å²) in [4.78, 5) is 45.2. The molecule has 0 aliphatic carbocycles. The van der Waals surface area contributed by atoms with E-state index in [1.165, 1.54) is 0 Å². The van der Waals surface area contributed by atoms with Crippen LogP contribution in [0.4, 0.5) is 5.69 Å². The molecule has 1 aliphatic heterocycles. The molecule has 0 spiro atoms. The number of nitrogens with zero attached hydrogens (tertiary/aromatic N) is 5. The van der Waals surface area contributed by atoms with Crippen LogP contribution in [0.2, 0.25) is 0 Å². The number of fused-ring (bicyclic) bond motifs is 2. The van der Waals surface area contributed by atoms with Gasteiger partial charge in [0.25, 0.3) is 0 Å². The number of aryl methyl sites for hydroxylation is 3. The molecule has 3 aromatic rings. The van der Waals surface area contributed by atoms with Gasteiger partial charge in [0.15, 0.2) is 0 Å². The van der Waals surface area contributed by atoms with Crippen LogP contribution in [0, 0.1) is 5.92 Å². The third kappa shape index (κ3) is 6.18. The van der Waals surface area contributed by atoms with E-state index in [9.17, 15) is 14.4 Å². The number of hydrogen-bond donors (Lipinski definition) is 0. The maximum atomic E-state index is 13.6. The average Bonchev–Trinajstić information content (AvgIpc) is 3.08. The number of carbonyl (C=O) groups excluding carboxylic acids is 2. The summed E-state index contributed by atoms with van der Waals surface area (Å²) in [5.74, 6) is 0.513. The minimum atomic E-state index is -0.0551. The van der Waals surface area contributed by atoms with Gasteiger partial charge in [-0.25, -0.2) is 4.79 Å². The zero-order valence-corrected chi connectivity index (χ0v) is 23.4. The van der Waals surface area contributed by atoms with Crippen LogP contribution in [0.5, 0.6) is 0 Å². The van der Waals surface area contributed by atoms with Crippen LogP contribution < -0.4 is 10.6 Å². The van der Waals surface area contributed by atoms with Crippen molar-refractivity contribution >= 4 is 28.5 Å². The first-order chi connectivity index (χ1) is 18.2. The van der Waals surface area contributed by atoms with Crippen molar-refractivity contribution in [3.8, 4) is 0 Å². The number of carbonyl (C=O) groups is 2. The minimum Gasteiger partial charge on any atom is -0.337 e. The molecule has 1 aromatic heterocycles.